The van der Waals surface area contributed by atoms with Crippen LogP contribution in [0.2, 0.25) is 0 Å². The summed E-state index contributed by atoms with van der Waals surface area (Å²) in [6, 6.07) is 7.74. The minimum absolute atomic E-state index is 0.338. The molecular weight excluding hydrogens is 244 g/mol. The van der Waals surface area contributed by atoms with Gasteiger partial charge in [0.15, 0.2) is 0 Å². The van der Waals surface area contributed by atoms with E-state index in [9.17, 15) is 4.21 Å². The SMILES string of the molecule is Cc1ccc(N)cc1S(=O)CCCC(C)(C)C#N. The highest BCUT2D eigenvalue weighted by Crippen LogP contribution is 2.23. The zero-order chi connectivity index (χ0) is 13.8. The molecule has 0 amide bonds. The average molecular weight is 264 g/mol. The second kappa shape index (κ2) is 6.01. The van der Waals surface area contributed by atoms with Crippen LogP contribution in [0.4, 0.5) is 5.69 Å². The molecule has 1 atom stereocenters. The van der Waals surface area contributed by atoms with Gasteiger partial charge in [0.2, 0.25) is 0 Å². The van der Waals surface area contributed by atoms with E-state index in [1.807, 2.05) is 32.9 Å². The smallest absolute Gasteiger partial charge is 0.0683 e. The van der Waals surface area contributed by atoms with Crippen molar-refractivity contribution in [1.82, 2.24) is 0 Å². The van der Waals surface area contributed by atoms with E-state index >= 15 is 0 Å². The molecular formula is C14H20N2OS. The minimum Gasteiger partial charge on any atom is -0.399 e. The first kappa shape index (κ1) is 14.7. The van der Waals surface area contributed by atoms with Gasteiger partial charge in [-0.05, 0) is 51.3 Å². The van der Waals surface area contributed by atoms with Crippen LogP contribution >= 0.6 is 0 Å². The molecule has 3 nitrogen and oxygen atoms in total. The predicted molar refractivity (Wildman–Crippen MR) is 75.5 cm³/mol. The average Bonchev–Trinajstić information content (AvgIpc) is 2.32. The summed E-state index contributed by atoms with van der Waals surface area (Å²) in [5.41, 5.74) is 7.01. The standard InChI is InChI=1S/C14H20N2OS/c1-11-5-6-12(16)9-13(11)18(17)8-4-7-14(2,3)10-15/h5-6,9H,4,7-8,16H2,1-3H3. The first-order valence-corrected chi connectivity index (χ1v) is 7.33. The number of aryl methyl sites for hydroxylation is 1. The number of hydrogen-bond acceptors (Lipinski definition) is 3. The van der Waals surface area contributed by atoms with Gasteiger partial charge in [0.05, 0.1) is 22.3 Å². The fraction of sp³-hybridized carbons (Fsp3) is 0.500. The lowest BCUT2D eigenvalue weighted by atomic mass is 9.90. The van der Waals surface area contributed by atoms with Crippen molar-refractivity contribution in [2.45, 2.75) is 38.5 Å². The Hall–Kier alpha value is -1.34. The predicted octanol–water partition coefficient (Wildman–Crippen LogP) is 3.01. The molecule has 0 aliphatic carbocycles. The van der Waals surface area contributed by atoms with E-state index in [2.05, 4.69) is 6.07 Å². The van der Waals surface area contributed by atoms with Gasteiger partial charge in [0.1, 0.15) is 0 Å². The first-order valence-electron chi connectivity index (χ1n) is 6.01. The van der Waals surface area contributed by atoms with Gasteiger partial charge in [-0.3, -0.25) is 4.21 Å². The van der Waals surface area contributed by atoms with E-state index in [-0.39, 0.29) is 5.41 Å². The van der Waals surface area contributed by atoms with Crippen LogP contribution in [0, 0.1) is 23.7 Å². The van der Waals surface area contributed by atoms with Gasteiger partial charge in [-0.1, -0.05) is 6.07 Å². The lowest BCUT2D eigenvalue weighted by molar-refractivity contribution is 0.447. The molecule has 0 saturated carbocycles. The number of hydrogen-bond donors (Lipinski definition) is 1. The molecule has 1 aromatic rings. The number of benzene rings is 1. The van der Waals surface area contributed by atoms with Crippen LogP contribution in [0.25, 0.3) is 0 Å². The largest absolute Gasteiger partial charge is 0.399 e. The molecule has 1 aromatic carbocycles. The first-order chi connectivity index (χ1) is 8.35. The number of anilines is 1. The molecule has 0 radical (unpaired) electrons. The Labute approximate surface area is 111 Å². The van der Waals surface area contributed by atoms with Crippen molar-refractivity contribution in [2.24, 2.45) is 5.41 Å². The highest BCUT2D eigenvalue weighted by molar-refractivity contribution is 7.85. The summed E-state index contributed by atoms with van der Waals surface area (Å²) in [4.78, 5) is 0.810. The van der Waals surface area contributed by atoms with Crippen molar-refractivity contribution < 1.29 is 4.21 Å². The van der Waals surface area contributed by atoms with Gasteiger partial charge in [-0.25, -0.2) is 0 Å². The Morgan fingerprint density at radius 3 is 2.72 bits per heavy atom. The molecule has 4 heteroatoms. The molecule has 0 saturated heterocycles. The summed E-state index contributed by atoms with van der Waals surface area (Å²) in [7, 11) is -1.03. The molecule has 1 rings (SSSR count). The second-order valence-electron chi connectivity index (χ2n) is 5.17. The Kier molecular flexibility index (Phi) is 4.92. The summed E-state index contributed by atoms with van der Waals surface area (Å²) >= 11 is 0. The topological polar surface area (TPSA) is 66.9 Å². The Bertz CT molecular complexity index is 489. The molecule has 0 bridgehead atoms. The fourth-order valence-corrected chi connectivity index (χ4v) is 2.99. The van der Waals surface area contributed by atoms with Crippen LogP contribution in [0.5, 0.6) is 0 Å². The zero-order valence-corrected chi connectivity index (χ0v) is 12.0. The van der Waals surface area contributed by atoms with Crippen LogP contribution in [-0.2, 0) is 10.8 Å². The monoisotopic (exact) mass is 264 g/mol. The molecule has 0 spiro atoms. The molecule has 0 heterocycles. The van der Waals surface area contributed by atoms with Gasteiger partial charge in [0.25, 0.3) is 0 Å². The van der Waals surface area contributed by atoms with E-state index in [1.165, 1.54) is 0 Å². The molecule has 18 heavy (non-hydrogen) atoms. The quantitative estimate of drug-likeness (QED) is 0.831. The Balaban J connectivity index is 2.62. The van der Waals surface area contributed by atoms with Crippen LogP contribution in [-0.4, -0.2) is 9.96 Å². The van der Waals surface area contributed by atoms with Crippen molar-refractivity contribution in [3.05, 3.63) is 23.8 Å². The van der Waals surface area contributed by atoms with E-state index < -0.39 is 10.8 Å². The van der Waals surface area contributed by atoms with Gasteiger partial charge in [-0.2, -0.15) is 5.26 Å². The second-order valence-corrected chi connectivity index (χ2v) is 6.71. The third-order valence-corrected chi connectivity index (χ3v) is 4.48. The van der Waals surface area contributed by atoms with E-state index in [0.717, 1.165) is 23.3 Å². The van der Waals surface area contributed by atoms with Crippen LogP contribution in [0.15, 0.2) is 23.1 Å². The third-order valence-electron chi connectivity index (χ3n) is 2.89. The Morgan fingerprint density at radius 2 is 2.11 bits per heavy atom. The molecule has 98 valence electrons. The third kappa shape index (κ3) is 4.15. The normalized spacial score (nSPS) is 13.0. The molecule has 1 unspecified atom stereocenters. The fourth-order valence-electron chi connectivity index (χ4n) is 1.67. The highest BCUT2D eigenvalue weighted by atomic mass is 32.2. The van der Waals surface area contributed by atoms with E-state index in [1.54, 1.807) is 6.07 Å². The van der Waals surface area contributed by atoms with Gasteiger partial charge in [-0.15, -0.1) is 0 Å². The molecule has 0 fully saturated rings. The lowest BCUT2D eigenvalue weighted by Crippen LogP contribution is -2.10. The minimum atomic E-state index is -1.03. The number of nitrogen functional groups attached to an aromatic ring is 1. The number of nitriles is 1. The number of nitrogens with zero attached hydrogens (tertiary/aromatic N) is 1. The molecule has 2 N–H and O–H groups in total. The van der Waals surface area contributed by atoms with E-state index in [0.29, 0.717) is 11.4 Å². The summed E-state index contributed by atoms with van der Waals surface area (Å²) in [5.74, 6) is 0.579. The molecule has 0 aliphatic rings. The van der Waals surface area contributed by atoms with Gasteiger partial charge in [0, 0.05) is 16.3 Å². The molecule has 0 aromatic heterocycles. The maximum Gasteiger partial charge on any atom is 0.0683 e. The van der Waals surface area contributed by atoms with Crippen molar-refractivity contribution in [3.63, 3.8) is 0 Å². The van der Waals surface area contributed by atoms with Crippen molar-refractivity contribution in [2.75, 3.05) is 11.5 Å². The van der Waals surface area contributed by atoms with Crippen LogP contribution in [0.1, 0.15) is 32.3 Å². The highest BCUT2D eigenvalue weighted by Gasteiger charge is 2.17. The maximum absolute atomic E-state index is 12.2. The van der Waals surface area contributed by atoms with Crippen molar-refractivity contribution in [3.8, 4) is 6.07 Å². The van der Waals surface area contributed by atoms with Crippen molar-refractivity contribution >= 4 is 16.5 Å². The van der Waals surface area contributed by atoms with Crippen LogP contribution < -0.4 is 5.73 Å². The Morgan fingerprint density at radius 1 is 1.44 bits per heavy atom. The summed E-state index contributed by atoms with van der Waals surface area (Å²) in [6.07, 6.45) is 1.54. The molecule has 0 aliphatic heterocycles. The zero-order valence-electron chi connectivity index (χ0n) is 11.2. The lowest BCUT2D eigenvalue weighted by Gasteiger charge is -2.14. The van der Waals surface area contributed by atoms with Crippen LogP contribution in [0.3, 0.4) is 0 Å². The van der Waals surface area contributed by atoms with Gasteiger partial charge < -0.3 is 5.73 Å². The number of rotatable bonds is 5. The number of nitrogens with two attached hydrogens (primary N) is 1. The summed E-state index contributed by atoms with van der Waals surface area (Å²) in [6.45, 7) is 5.75. The summed E-state index contributed by atoms with van der Waals surface area (Å²) in [5, 5.41) is 8.91. The van der Waals surface area contributed by atoms with Gasteiger partial charge >= 0.3 is 0 Å². The summed E-state index contributed by atoms with van der Waals surface area (Å²) < 4.78 is 12.2. The van der Waals surface area contributed by atoms with Crippen molar-refractivity contribution in [1.29, 1.82) is 5.26 Å². The van der Waals surface area contributed by atoms with E-state index in [4.69, 9.17) is 11.0 Å². The maximum atomic E-state index is 12.2.